The number of cyclic esters (lactones) is 1. The Bertz CT molecular complexity index is 602. The van der Waals surface area contributed by atoms with E-state index in [1.54, 1.807) is 0 Å². The lowest BCUT2D eigenvalue weighted by molar-refractivity contribution is -0.117. The van der Waals surface area contributed by atoms with Crippen LogP contribution in [0.15, 0.2) is 0 Å². The first-order valence-corrected chi connectivity index (χ1v) is 7.11. The number of halogens is 5. The second-order valence-corrected chi connectivity index (χ2v) is 5.88. The lowest BCUT2D eigenvalue weighted by Gasteiger charge is -2.12. The minimum Gasteiger partial charge on any atom is -0.447 e. The van der Waals surface area contributed by atoms with Crippen molar-refractivity contribution in [1.82, 2.24) is 0 Å². The molecule has 0 aromatic heterocycles. The molecule has 0 N–H and O–H groups in total. The van der Waals surface area contributed by atoms with Gasteiger partial charge in [0.25, 0.3) is 0 Å². The van der Waals surface area contributed by atoms with Gasteiger partial charge in [0, 0.05) is 11.5 Å². The lowest BCUT2D eigenvalue weighted by atomic mass is 9.95. The maximum Gasteiger partial charge on any atom is 0.348 e. The Balaban J connectivity index is 1.66. The molecule has 3 rings (SSSR count). The third-order valence-corrected chi connectivity index (χ3v) is 4.53. The molecule has 2 aliphatic rings. The summed E-state index contributed by atoms with van der Waals surface area (Å²) in [4.78, 5) is 10.9. The molecule has 0 bridgehead atoms. The maximum absolute atomic E-state index is 13.6. The van der Waals surface area contributed by atoms with Crippen LogP contribution in [0.1, 0.15) is 31.2 Å². The second-order valence-electron chi connectivity index (χ2n) is 5.88. The number of rotatable bonds is 4. The van der Waals surface area contributed by atoms with E-state index < -0.39 is 34.6 Å². The number of hydrogen-bond acceptors (Lipinski definition) is 2. The lowest BCUT2D eigenvalue weighted by Crippen LogP contribution is -2.09. The zero-order chi connectivity index (χ0) is 16.0. The van der Waals surface area contributed by atoms with E-state index in [0.717, 1.165) is 12.8 Å². The summed E-state index contributed by atoms with van der Waals surface area (Å²) < 4.78 is 71.1. The van der Waals surface area contributed by atoms with Gasteiger partial charge in [-0.1, -0.05) is 6.42 Å². The molecular weight excluding hydrogens is 307 g/mol. The van der Waals surface area contributed by atoms with Crippen molar-refractivity contribution >= 4 is 5.97 Å². The zero-order valence-electron chi connectivity index (χ0n) is 11.5. The molecule has 22 heavy (non-hydrogen) atoms. The maximum atomic E-state index is 13.6. The number of hydrogen-bond donors (Lipinski definition) is 0. The fourth-order valence-electron chi connectivity index (χ4n) is 3.25. The monoisotopic (exact) mass is 320 g/mol. The van der Waals surface area contributed by atoms with Crippen molar-refractivity contribution in [2.45, 2.75) is 38.2 Å². The largest absolute Gasteiger partial charge is 0.447 e. The fourth-order valence-corrected chi connectivity index (χ4v) is 3.25. The van der Waals surface area contributed by atoms with Gasteiger partial charge in [0.05, 0.1) is 0 Å². The van der Waals surface area contributed by atoms with Gasteiger partial charge >= 0.3 is 5.97 Å². The third-order valence-electron chi connectivity index (χ3n) is 4.53. The van der Waals surface area contributed by atoms with Gasteiger partial charge in [0.2, 0.25) is 11.9 Å². The van der Waals surface area contributed by atoms with E-state index in [1.807, 2.05) is 0 Å². The highest BCUT2D eigenvalue weighted by atomic mass is 19.2. The molecule has 1 saturated carbocycles. The molecule has 3 atom stereocenters. The van der Waals surface area contributed by atoms with E-state index in [4.69, 9.17) is 4.74 Å². The molecule has 120 valence electrons. The van der Waals surface area contributed by atoms with Gasteiger partial charge < -0.3 is 4.74 Å². The molecule has 1 aliphatic heterocycles. The first-order chi connectivity index (χ1) is 10.4. The normalized spacial score (nSPS) is 27.1. The van der Waals surface area contributed by atoms with Gasteiger partial charge in [-0.15, -0.1) is 0 Å². The van der Waals surface area contributed by atoms with E-state index in [-0.39, 0.29) is 30.3 Å². The predicted octanol–water partition coefficient (Wildman–Crippen LogP) is 3.66. The van der Waals surface area contributed by atoms with Crippen LogP contribution >= 0.6 is 0 Å². The van der Waals surface area contributed by atoms with E-state index in [9.17, 15) is 26.7 Å². The summed E-state index contributed by atoms with van der Waals surface area (Å²) in [6, 6.07) is 0. The molecule has 2 nitrogen and oxygen atoms in total. The molecule has 0 radical (unpaired) electrons. The SMILES string of the molecule is O=C1OC1C1CCC(CCc2c(F)c(F)c(F)c(F)c2F)C1. The molecule has 3 unspecified atom stereocenters. The Kier molecular flexibility index (Phi) is 3.82. The Hall–Kier alpha value is -1.66. The van der Waals surface area contributed by atoms with Crippen LogP contribution in [0, 0.1) is 40.9 Å². The predicted molar refractivity (Wildman–Crippen MR) is 65.3 cm³/mol. The summed E-state index contributed by atoms with van der Waals surface area (Å²) in [6.45, 7) is 0. The van der Waals surface area contributed by atoms with Crippen LogP contribution < -0.4 is 0 Å². The standard InChI is InChI=1S/C15H13F5O2/c16-9-8(10(17)12(19)13(20)11(9)18)4-2-6-1-3-7(5-6)14-15(21)22-14/h6-7,14H,1-5H2. The molecule has 0 spiro atoms. The van der Waals surface area contributed by atoms with Gasteiger partial charge in [-0.25, -0.2) is 26.7 Å². The van der Waals surface area contributed by atoms with Crippen LogP contribution in [0.2, 0.25) is 0 Å². The van der Waals surface area contributed by atoms with Crippen molar-refractivity contribution in [2.24, 2.45) is 11.8 Å². The van der Waals surface area contributed by atoms with E-state index in [0.29, 0.717) is 12.8 Å². The van der Waals surface area contributed by atoms with E-state index in [2.05, 4.69) is 0 Å². The van der Waals surface area contributed by atoms with Crippen molar-refractivity contribution in [3.05, 3.63) is 34.6 Å². The Labute approximate surface area is 123 Å². The first-order valence-electron chi connectivity index (χ1n) is 7.11. The van der Waals surface area contributed by atoms with Crippen molar-refractivity contribution in [3.63, 3.8) is 0 Å². The highest BCUT2D eigenvalue weighted by molar-refractivity contribution is 5.87. The summed E-state index contributed by atoms with van der Waals surface area (Å²) in [5, 5.41) is 0. The number of carbonyl (C=O) groups is 1. The highest BCUT2D eigenvalue weighted by Gasteiger charge is 2.47. The minimum atomic E-state index is -2.14. The summed E-state index contributed by atoms with van der Waals surface area (Å²) in [6.07, 6.45) is 1.94. The van der Waals surface area contributed by atoms with E-state index >= 15 is 0 Å². The Morgan fingerprint density at radius 2 is 1.45 bits per heavy atom. The molecule has 7 heteroatoms. The van der Waals surface area contributed by atoms with Gasteiger partial charge in [0.1, 0.15) is 0 Å². The number of benzene rings is 1. The summed E-state index contributed by atoms with van der Waals surface area (Å²) in [7, 11) is 0. The zero-order valence-corrected chi connectivity index (χ0v) is 11.5. The van der Waals surface area contributed by atoms with E-state index in [1.165, 1.54) is 0 Å². The highest BCUT2D eigenvalue weighted by Crippen LogP contribution is 2.41. The first kappa shape index (κ1) is 15.2. The van der Waals surface area contributed by atoms with Gasteiger partial charge in [-0.05, 0) is 31.6 Å². The summed E-state index contributed by atoms with van der Waals surface area (Å²) in [5.74, 6) is -9.50. The Morgan fingerprint density at radius 3 is 2.00 bits per heavy atom. The van der Waals surface area contributed by atoms with Crippen molar-refractivity contribution in [1.29, 1.82) is 0 Å². The van der Waals surface area contributed by atoms with Crippen LogP contribution in [0.25, 0.3) is 0 Å². The number of ether oxygens (including phenoxy) is 1. The summed E-state index contributed by atoms with van der Waals surface area (Å²) in [5.41, 5.74) is -0.765. The average Bonchev–Trinajstić information content (AvgIpc) is 3.04. The molecular formula is C15H13F5O2. The molecule has 1 aliphatic carbocycles. The minimum absolute atomic E-state index is 0.0944. The van der Waals surface area contributed by atoms with Crippen LogP contribution in [-0.4, -0.2) is 12.1 Å². The molecule has 1 saturated heterocycles. The van der Waals surface area contributed by atoms with Crippen LogP contribution in [0.4, 0.5) is 22.0 Å². The van der Waals surface area contributed by atoms with Crippen LogP contribution in [0.5, 0.6) is 0 Å². The van der Waals surface area contributed by atoms with Crippen molar-refractivity contribution in [2.75, 3.05) is 0 Å². The van der Waals surface area contributed by atoms with Crippen LogP contribution in [-0.2, 0) is 16.0 Å². The van der Waals surface area contributed by atoms with Crippen molar-refractivity contribution < 1.29 is 31.5 Å². The van der Waals surface area contributed by atoms with Crippen LogP contribution in [0.3, 0.4) is 0 Å². The fraction of sp³-hybridized carbons (Fsp3) is 0.533. The topological polar surface area (TPSA) is 29.6 Å². The van der Waals surface area contributed by atoms with Gasteiger partial charge in [-0.3, -0.25) is 0 Å². The van der Waals surface area contributed by atoms with Gasteiger partial charge in [0.15, 0.2) is 23.3 Å². The Morgan fingerprint density at radius 1 is 0.909 bits per heavy atom. The van der Waals surface area contributed by atoms with Crippen molar-refractivity contribution in [3.8, 4) is 0 Å². The second kappa shape index (κ2) is 5.52. The smallest absolute Gasteiger partial charge is 0.348 e. The molecule has 2 fully saturated rings. The number of carbonyl (C=O) groups excluding carboxylic acids is 1. The van der Waals surface area contributed by atoms with Gasteiger partial charge in [-0.2, -0.15) is 0 Å². The molecule has 1 aromatic carbocycles. The molecule has 1 heterocycles. The summed E-state index contributed by atoms with van der Waals surface area (Å²) >= 11 is 0. The molecule has 0 amide bonds. The molecule has 1 aromatic rings. The quantitative estimate of drug-likeness (QED) is 0.367. The average molecular weight is 320 g/mol. The third kappa shape index (κ3) is 2.57. The number of epoxide rings is 1.